The van der Waals surface area contributed by atoms with E-state index in [-0.39, 0.29) is 0 Å². The fraction of sp³-hybridized carbons (Fsp3) is 0.389. The number of nitrogens with zero attached hydrogens (tertiary/aromatic N) is 1. The lowest BCUT2D eigenvalue weighted by Gasteiger charge is -2.19. The molecule has 104 valence electrons. The van der Waals surface area contributed by atoms with Crippen LogP contribution in [-0.2, 0) is 19.3 Å². The van der Waals surface area contributed by atoms with E-state index in [1.54, 1.807) is 11.1 Å². The van der Waals surface area contributed by atoms with E-state index >= 15 is 0 Å². The van der Waals surface area contributed by atoms with Gasteiger partial charge in [0.2, 0.25) is 0 Å². The molecule has 1 atom stereocenters. The molecule has 0 aliphatic heterocycles. The molecular weight excluding hydrogens is 244 g/mol. The molecular formula is C18H22N2. The highest BCUT2D eigenvalue weighted by molar-refractivity contribution is 5.37. The van der Waals surface area contributed by atoms with Crippen LogP contribution in [-0.4, -0.2) is 11.5 Å². The number of rotatable bonds is 5. The zero-order chi connectivity index (χ0) is 13.8. The molecule has 0 amide bonds. The van der Waals surface area contributed by atoms with Crippen molar-refractivity contribution in [1.29, 1.82) is 0 Å². The van der Waals surface area contributed by atoms with Gasteiger partial charge in [-0.05, 0) is 54.6 Å². The Hall–Kier alpha value is -1.67. The van der Waals surface area contributed by atoms with Crippen LogP contribution >= 0.6 is 0 Å². The average Bonchev–Trinajstić information content (AvgIpc) is 2.95. The van der Waals surface area contributed by atoms with Crippen LogP contribution in [0.2, 0.25) is 0 Å². The third-order valence-electron chi connectivity index (χ3n) is 4.11. The molecule has 1 N–H and O–H groups in total. The Morgan fingerprint density at radius 3 is 2.85 bits per heavy atom. The zero-order valence-electron chi connectivity index (χ0n) is 12.1. The highest BCUT2D eigenvalue weighted by atomic mass is 14.9. The fourth-order valence-corrected chi connectivity index (χ4v) is 3.09. The summed E-state index contributed by atoms with van der Waals surface area (Å²) in [5, 5.41) is 3.60. The van der Waals surface area contributed by atoms with Crippen molar-refractivity contribution in [3.63, 3.8) is 0 Å². The number of benzene rings is 1. The Morgan fingerprint density at radius 2 is 2.05 bits per heavy atom. The molecule has 0 fully saturated rings. The maximum atomic E-state index is 4.46. The Balaban J connectivity index is 1.83. The van der Waals surface area contributed by atoms with E-state index in [0.717, 1.165) is 18.7 Å². The molecule has 1 aromatic carbocycles. The van der Waals surface area contributed by atoms with Crippen LogP contribution in [0, 0.1) is 0 Å². The van der Waals surface area contributed by atoms with Gasteiger partial charge in [-0.1, -0.05) is 31.2 Å². The van der Waals surface area contributed by atoms with Crippen molar-refractivity contribution in [2.75, 3.05) is 6.54 Å². The predicted octanol–water partition coefficient (Wildman–Crippen LogP) is 3.46. The van der Waals surface area contributed by atoms with Gasteiger partial charge in [-0.2, -0.15) is 0 Å². The summed E-state index contributed by atoms with van der Waals surface area (Å²) in [6.45, 7) is 3.15. The van der Waals surface area contributed by atoms with Crippen LogP contribution in [0.5, 0.6) is 0 Å². The SMILES string of the molecule is CCNC(Cc1ccccn1)c1ccc2c(c1)CCC2. The first-order valence-corrected chi connectivity index (χ1v) is 7.62. The molecule has 1 aliphatic rings. The lowest BCUT2D eigenvalue weighted by Crippen LogP contribution is -2.23. The normalized spacial score (nSPS) is 15.1. The van der Waals surface area contributed by atoms with E-state index in [0.29, 0.717) is 6.04 Å². The predicted molar refractivity (Wildman–Crippen MR) is 82.8 cm³/mol. The molecule has 0 saturated heterocycles. The van der Waals surface area contributed by atoms with Crippen molar-refractivity contribution in [2.24, 2.45) is 0 Å². The lowest BCUT2D eigenvalue weighted by atomic mass is 9.97. The summed E-state index contributed by atoms with van der Waals surface area (Å²) >= 11 is 0. The van der Waals surface area contributed by atoms with Gasteiger partial charge in [-0.3, -0.25) is 4.98 Å². The summed E-state index contributed by atoms with van der Waals surface area (Å²) < 4.78 is 0. The molecule has 2 heteroatoms. The van der Waals surface area contributed by atoms with Gasteiger partial charge in [0.1, 0.15) is 0 Å². The molecule has 0 saturated carbocycles. The maximum Gasteiger partial charge on any atom is 0.0422 e. The quantitative estimate of drug-likeness (QED) is 0.896. The third kappa shape index (κ3) is 2.91. The topological polar surface area (TPSA) is 24.9 Å². The molecule has 0 spiro atoms. The summed E-state index contributed by atoms with van der Waals surface area (Å²) in [6, 6.07) is 13.5. The summed E-state index contributed by atoms with van der Waals surface area (Å²) in [7, 11) is 0. The van der Waals surface area contributed by atoms with Crippen LogP contribution in [0.3, 0.4) is 0 Å². The molecule has 20 heavy (non-hydrogen) atoms. The average molecular weight is 266 g/mol. The summed E-state index contributed by atoms with van der Waals surface area (Å²) in [5.41, 5.74) is 5.64. The Bertz CT molecular complexity index is 563. The number of hydrogen-bond donors (Lipinski definition) is 1. The molecule has 1 unspecified atom stereocenters. The van der Waals surface area contributed by atoms with Gasteiger partial charge in [0.05, 0.1) is 0 Å². The van der Waals surface area contributed by atoms with E-state index in [1.807, 2.05) is 12.3 Å². The molecule has 2 aromatic rings. The number of aryl methyl sites for hydroxylation is 2. The van der Waals surface area contributed by atoms with Crippen LogP contribution in [0.4, 0.5) is 0 Å². The van der Waals surface area contributed by atoms with Gasteiger partial charge in [-0.15, -0.1) is 0 Å². The lowest BCUT2D eigenvalue weighted by molar-refractivity contribution is 0.543. The van der Waals surface area contributed by atoms with Gasteiger partial charge in [0, 0.05) is 24.4 Å². The minimum atomic E-state index is 0.362. The largest absolute Gasteiger partial charge is 0.310 e. The molecule has 3 rings (SSSR count). The molecule has 2 nitrogen and oxygen atoms in total. The molecule has 1 heterocycles. The molecule has 0 bridgehead atoms. The van der Waals surface area contributed by atoms with Gasteiger partial charge in [-0.25, -0.2) is 0 Å². The molecule has 1 aliphatic carbocycles. The number of nitrogens with one attached hydrogen (secondary N) is 1. The van der Waals surface area contributed by atoms with Crippen molar-refractivity contribution in [1.82, 2.24) is 10.3 Å². The van der Waals surface area contributed by atoms with Crippen LogP contribution < -0.4 is 5.32 Å². The van der Waals surface area contributed by atoms with Gasteiger partial charge >= 0.3 is 0 Å². The number of aromatic nitrogens is 1. The van der Waals surface area contributed by atoms with E-state index in [4.69, 9.17) is 0 Å². The van der Waals surface area contributed by atoms with E-state index in [9.17, 15) is 0 Å². The van der Waals surface area contributed by atoms with Gasteiger partial charge < -0.3 is 5.32 Å². The van der Waals surface area contributed by atoms with Crippen molar-refractivity contribution < 1.29 is 0 Å². The minimum Gasteiger partial charge on any atom is -0.310 e. The van der Waals surface area contributed by atoms with E-state index in [2.05, 4.69) is 47.6 Å². The van der Waals surface area contributed by atoms with Crippen LogP contribution in [0.1, 0.15) is 41.8 Å². The van der Waals surface area contributed by atoms with Crippen LogP contribution in [0.25, 0.3) is 0 Å². The standard InChI is InChI=1S/C18H22N2/c1-2-19-18(13-17-8-3-4-11-20-17)16-10-9-14-6-5-7-15(14)12-16/h3-4,8-12,18-19H,2,5-7,13H2,1H3. The van der Waals surface area contributed by atoms with E-state index in [1.165, 1.54) is 24.8 Å². The summed E-state index contributed by atoms with van der Waals surface area (Å²) in [5.74, 6) is 0. The number of likely N-dealkylation sites (N-methyl/N-ethyl adjacent to an activating group) is 1. The van der Waals surface area contributed by atoms with Gasteiger partial charge in [0.25, 0.3) is 0 Å². The summed E-state index contributed by atoms with van der Waals surface area (Å²) in [4.78, 5) is 4.46. The van der Waals surface area contributed by atoms with Crippen LogP contribution in [0.15, 0.2) is 42.6 Å². The van der Waals surface area contributed by atoms with Crippen molar-refractivity contribution in [2.45, 2.75) is 38.6 Å². The monoisotopic (exact) mass is 266 g/mol. The smallest absolute Gasteiger partial charge is 0.0422 e. The minimum absolute atomic E-state index is 0.362. The number of fused-ring (bicyclic) bond motifs is 1. The number of hydrogen-bond acceptors (Lipinski definition) is 2. The number of pyridine rings is 1. The third-order valence-corrected chi connectivity index (χ3v) is 4.11. The molecule has 1 aromatic heterocycles. The van der Waals surface area contributed by atoms with Gasteiger partial charge in [0.15, 0.2) is 0 Å². The first kappa shape index (κ1) is 13.3. The zero-order valence-corrected chi connectivity index (χ0v) is 12.1. The first-order chi connectivity index (χ1) is 9.86. The Labute approximate surface area is 121 Å². The fourth-order valence-electron chi connectivity index (χ4n) is 3.09. The highest BCUT2D eigenvalue weighted by Crippen LogP contribution is 2.26. The second-order valence-electron chi connectivity index (χ2n) is 5.52. The second kappa shape index (κ2) is 6.19. The summed E-state index contributed by atoms with van der Waals surface area (Å²) in [6.07, 6.45) is 6.63. The second-order valence-corrected chi connectivity index (χ2v) is 5.52. The van der Waals surface area contributed by atoms with Crippen molar-refractivity contribution >= 4 is 0 Å². The van der Waals surface area contributed by atoms with Crippen molar-refractivity contribution in [3.05, 3.63) is 65.0 Å². The van der Waals surface area contributed by atoms with Crippen molar-refractivity contribution in [3.8, 4) is 0 Å². The first-order valence-electron chi connectivity index (χ1n) is 7.62. The van der Waals surface area contributed by atoms with E-state index < -0.39 is 0 Å². The molecule has 0 radical (unpaired) electrons. The Kier molecular flexibility index (Phi) is 4.12. The Morgan fingerprint density at radius 1 is 1.15 bits per heavy atom. The highest BCUT2D eigenvalue weighted by Gasteiger charge is 2.16. The maximum absolute atomic E-state index is 4.46.